The van der Waals surface area contributed by atoms with Gasteiger partial charge in [-0.1, -0.05) is 12.1 Å². The van der Waals surface area contributed by atoms with Crippen molar-refractivity contribution in [1.82, 2.24) is 4.57 Å². The molecule has 1 heterocycles. The van der Waals surface area contributed by atoms with Gasteiger partial charge in [0.2, 0.25) is 0 Å². The van der Waals surface area contributed by atoms with Crippen molar-refractivity contribution in [1.29, 1.82) is 5.26 Å². The monoisotopic (exact) mass is 277 g/mol. The minimum absolute atomic E-state index is 0.0924. The van der Waals surface area contributed by atoms with Crippen LogP contribution in [0.1, 0.15) is 11.1 Å². The zero-order valence-corrected chi connectivity index (χ0v) is 11.1. The number of non-ortho nitro benzene ring substituents is 1. The van der Waals surface area contributed by atoms with E-state index in [1.54, 1.807) is 18.2 Å². The van der Waals surface area contributed by atoms with Crippen LogP contribution >= 0.6 is 0 Å². The molecule has 102 valence electrons. The Bertz CT molecular complexity index is 857. The van der Waals surface area contributed by atoms with Crippen molar-refractivity contribution in [2.24, 2.45) is 0 Å². The lowest BCUT2D eigenvalue weighted by Crippen LogP contribution is -1.98. The Kier molecular flexibility index (Phi) is 3.13. The summed E-state index contributed by atoms with van der Waals surface area (Å²) >= 11 is 0. The van der Waals surface area contributed by atoms with Crippen molar-refractivity contribution in [3.8, 4) is 6.07 Å². The third kappa shape index (κ3) is 2.47. The molecule has 0 fully saturated rings. The number of nitro benzene ring substituents is 1. The molecule has 3 aromatic rings. The largest absolute Gasteiger partial charge is 0.343 e. The van der Waals surface area contributed by atoms with Crippen LogP contribution < -0.4 is 0 Å². The van der Waals surface area contributed by atoms with E-state index in [1.807, 2.05) is 24.4 Å². The highest BCUT2D eigenvalue weighted by atomic mass is 16.6. The summed E-state index contributed by atoms with van der Waals surface area (Å²) in [7, 11) is 0. The van der Waals surface area contributed by atoms with Gasteiger partial charge in [-0.25, -0.2) is 0 Å². The van der Waals surface area contributed by atoms with Gasteiger partial charge in [0.25, 0.3) is 5.69 Å². The first-order chi connectivity index (χ1) is 10.2. The summed E-state index contributed by atoms with van der Waals surface area (Å²) in [4.78, 5) is 10.2. The molecule has 0 aliphatic carbocycles. The van der Waals surface area contributed by atoms with Gasteiger partial charge >= 0.3 is 0 Å². The summed E-state index contributed by atoms with van der Waals surface area (Å²) in [6.45, 7) is 0.632. The van der Waals surface area contributed by atoms with E-state index in [4.69, 9.17) is 5.26 Å². The zero-order valence-electron chi connectivity index (χ0n) is 11.1. The Hall–Kier alpha value is -3.13. The summed E-state index contributed by atoms with van der Waals surface area (Å²) in [5, 5.41) is 20.5. The van der Waals surface area contributed by atoms with E-state index in [2.05, 4.69) is 10.6 Å². The van der Waals surface area contributed by atoms with Crippen LogP contribution in [0.2, 0.25) is 0 Å². The van der Waals surface area contributed by atoms with Gasteiger partial charge in [0, 0.05) is 35.8 Å². The molecule has 21 heavy (non-hydrogen) atoms. The molecule has 0 bridgehead atoms. The van der Waals surface area contributed by atoms with Crippen LogP contribution in [0.15, 0.2) is 54.7 Å². The zero-order chi connectivity index (χ0) is 14.8. The van der Waals surface area contributed by atoms with E-state index in [1.165, 1.54) is 12.1 Å². The fourth-order valence-electron chi connectivity index (χ4n) is 2.33. The van der Waals surface area contributed by atoms with Gasteiger partial charge in [-0.3, -0.25) is 10.1 Å². The predicted molar refractivity (Wildman–Crippen MR) is 78.9 cm³/mol. The molecule has 0 saturated carbocycles. The quantitative estimate of drug-likeness (QED) is 0.543. The second-order valence-corrected chi connectivity index (χ2v) is 4.75. The molecule has 0 spiro atoms. The lowest BCUT2D eigenvalue weighted by atomic mass is 10.1. The molecular formula is C16H11N3O2. The Labute approximate surface area is 120 Å². The average molecular weight is 277 g/mol. The minimum atomic E-state index is -0.405. The number of fused-ring (bicyclic) bond motifs is 1. The highest BCUT2D eigenvalue weighted by molar-refractivity contribution is 5.81. The van der Waals surface area contributed by atoms with Crippen molar-refractivity contribution in [2.75, 3.05) is 0 Å². The fourth-order valence-corrected chi connectivity index (χ4v) is 2.33. The molecule has 0 amide bonds. The molecule has 0 aliphatic heterocycles. The van der Waals surface area contributed by atoms with Crippen molar-refractivity contribution < 1.29 is 4.92 Å². The normalized spacial score (nSPS) is 10.4. The van der Waals surface area contributed by atoms with Gasteiger partial charge in [-0.2, -0.15) is 5.26 Å². The molecule has 5 nitrogen and oxygen atoms in total. The summed E-state index contributed by atoms with van der Waals surface area (Å²) in [6.07, 6.45) is 1.95. The lowest BCUT2D eigenvalue weighted by Gasteiger charge is -2.05. The van der Waals surface area contributed by atoms with Crippen molar-refractivity contribution in [3.63, 3.8) is 0 Å². The van der Waals surface area contributed by atoms with E-state index < -0.39 is 4.92 Å². The van der Waals surface area contributed by atoms with Gasteiger partial charge in [0.05, 0.1) is 16.6 Å². The third-order valence-electron chi connectivity index (χ3n) is 3.40. The van der Waals surface area contributed by atoms with E-state index in [9.17, 15) is 10.1 Å². The van der Waals surface area contributed by atoms with Crippen molar-refractivity contribution in [3.05, 3.63) is 76.0 Å². The second kappa shape index (κ2) is 5.10. The van der Waals surface area contributed by atoms with Gasteiger partial charge in [0.1, 0.15) is 0 Å². The SMILES string of the molecule is N#Cc1ccc2c(ccn2Cc2ccc([N+](=O)[O-])cc2)c1. The van der Waals surface area contributed by atoms with E-state index in [0.717, 1.165) is 16.5 Å². The number of benzene rings is 2. The Morgan fingerprint density at radius 3 is 2.57 bits per heavy atom. The van der Waals surface area contributed by atoms with Crippen molar-refractivity contribution in [2.45, 2.75) is 6.54 Å². The van der Waals surface area contributed by atoms with Gasteiger partial charge in [-0.05, 0) is 29.8 Å². The summed E-state index contributed by atoms with van der Waals surface area (Å²) in [5.74, 6) is 0. The van der Waals surface area contributed by atoms with Crippen LogP contribution in [0.3, 0.4) is 0 Å². The highest BCUT2D eigenvalue weighted by Crippen LogP contribution is 2.20. The summed E-state index contributed by atoms with van der Waals surface area (Å²) in [6, 6.07) is 16.2. The third-order valence-corrected chi connectivity index (χ3v) is 3.40. The highest BCUT2D eigenvalue weighted by Gasteiger charge is 2.06. The smallest absolute Gasteiger partial charge is 0.269 e. The fraction of sp³-hybridized carbons (Fsp3) is 0.0625. The second-order valence-electron chi connectivity index (χ2n) is 4.75. The average Bonchev–Trinajstić information content (AvgIpc) is 2.90. The van der Waals surface area contributed by atoms with Crippen LogP contribution in [0.4, 0.5) is 5.69 Å². The van der Waals surface area contributed by atoms with Crippen LogP contribution in [-0.2, 0) is 6.54 Å². The van der Waals surface area contributed by atoms with Crippen LogP contribution in [-0.4, -0.2) is 9.49 Å². The molecule has 0 saturated heterocycles. The molecule has 0 atom stereocenters. The molecule has 1 aromatic heterocycles. The number of rotatable bonds is 3. The first kappa shape index (κ1) is 12.9. The van der Waals surface area contributed by atoms with E-state index in [0.29, 0.717) is 12.1 Å². The standard InChI is InChI=1S/C16H11N3O2/c17-10-13-3-6-16-14(9-13)7-8-18(16)11-12-1-4-15(5-2-12)19(20)21/h1-9H,11H2. The molecule has 2 aromatic carbocycles. The van der Waals surface area contributed by atoms with Gasteiger partial charge < -0.3 is 4.57 Å². The van der Waals surface area contributed by atoms with E-state index in [-0.39, 0.29) is 5.69 Å². The number of nitrogens with zero attached hydrogens (tertiary/aromatic N) is 3. The van der Waals surface area contributed by atoms with Crippen LogP contribution in [0, 0.1) is 21.4 Å². The maximum absolute atomic E-state index is 10.6. The maximum Gasteiger partial charge on any atom is 0.269 e. The molecule has 3 rings (SSSR count). The predicted octanol–water partition coefficient (Wildman–Crippen LogP) is 3.47. The van der Waals surface area contributed by atoms with Crippen LogP contribution in [0.25, 0.3) is 10.9 Å². The summed E-state index contributed by atoms with van der Waals surface area (Å²) < 4.78 is 2.05. The van der Waals surface area contributed by atoms with Gasteiger partial charge in [0.15, 0.2) is 0 Å². The van der Waals surface area contributed by atoms with Gasteiger partial charge in [-0.15, -0.1) is 0 Å². The lowest BCUT2D eigenvalue weighted by molar-refractivity contribution is -0.384. The number of nitriles is 1. The van der Waals surface area contributed by atoms with E-state index >= 15 is 0 Å². The Morgan fingerprint density at radius 2 is 1.90 bits per heavy atom. The van der Waals surface area contributed by atoms with Crippen LogP contribution in [0.5, 0.6) is 0 Å². The number of hydrogen-bond donors (Lipinski definition) is 0. The minimum Gasteiger partial charge on any atom is -0.343 e. The summed E-state index contributed by atoms with van der Waals surface area (Å²) in [5.41, 5.74) is 2.75. The molecule has 5 heteroatoms. The molecule has 0 N–H and O–H groups in total. The Morgan fingerprint density at radius 1 is 1.14 bits per heavy atom. The number of nitro groups is 1. The van der Waals surface area contributed by atoms with Crippen molar-refractivity contribution >= 4 is 16.6 Å². The Balaban J connectivity index is 1.91. The maximum atomic E-state index is 10.6. The molecule has 0 unspecified atom stereocenters. The first-order valence-electron chi connectivity index (χ1n) is 6.40. The molecule has 0 radical (unpaired) electrons. The topological polar surface area (TPSA) is 71.9 Å². The molecule has 0 aliphatic rings. The first-order valence-corrected chi connectivity index (χ1v) is 6.40. The molecular weight excluding hydrogens is 266 g/mol. The number of hydrogen-bond acceptors (Lipinski definition) is 3. The number of aromatic nitrogens is 1.